The molecule has 1 aliphatic rings. The zero-order valence-electron chi connectivity index (χ0n) is 17.8. The maximum Gasteiger partial charge on any atom is 0.417 e. The van der Waals surface area contributed by atoms with Gasteiger partial charge < -0.3 is 20.7 Å². The Balaban J connectivity index is 0.00000272. The number of ether oxygens (including phenoxy) is 1. The summed E-state index contributed by atoms with van der Waals surface area (Å²) in [5.74, 6) is 0.638. The van der Waals surface area contributed by atoms with Gasteiger partial charge in [-0.2, -0.15) is 13.2 Å². The van der Waals surface area contributed by atoms with Gasteiger partial charge in [-0.3, -0.25) is 4.90 Å². The van der Waals surface area contributed by atoms with Crippen LogP contribution in [-0.2, 0) is 6.18 Å². The van der Waals surface area contributed by atoms with Gasteiger partial charge in [-0.1, -0.05) is 17.7 Å². The number of carbonyl (C=O) groups is 1. The van der Waals surface area contributed by atoms with E-state index in [1.54, 1.807) is 18.2 Å². The van der Waals surface area contributed by atoms with E-state index in [2.05, 4.69) is 20.9 Å². The first-order chi connectivity index (χ1) is 14.7. The lowest BCUT2D eigenvalue weighted by Crippen LogP contribution is -2.44. The van der Waals surface area contributed by atoms with Crippen LogP contribution in [0.4, 0.5) is 29.3 Å². The van der Waals surface area contributed by atoms with E-state index < -0.39 is 22.8 Å². The number of piperazine rings is 1. The van der Waals surface area contributed by atoms with Gasteiger partial charge in [-0.25, -0.2) is 4.79 Å². The number of hydrogen-bond donors (Lipinski definition) is 3. The fourth-order valence-corrected chi connectivity index (χ4v) is 3.39. The van der Waals surface area contributed by atoms with Gasteiger partial charge >= 0.3 is 12.2 Å². The molecule has 1 saturated heterocycles. The molecule has 184 valence electrons. The van der Waals surface area contributed by atoms with Gasteiger partial charge in [0.25, 0.3) is 0 Å². The number of rotatable bonds is 6. The van der Waals surface area contributed by atoms with E-state index >= 15 is 0 Å². The number of hydrogen-bond acceptors (Lipinski definition) is 4. The fourth-order valence-electron chi connectivity index (χ4n) is 3.17. The summed E-state index contributed by atoms with van der Waals surface area (Å²) in [5, 5.41) is 7.86. The molecule has 0 bridgehead atoms. The molecule has 0 aromatic heterocycles. The normalized spacial score (nSPS) is 14.0. The molecule has 1 heterocycles. The summed E-state index contributed by atoms with van der Waals surface area (Å²) in [6, 6.07) is 7.71. The Labute approximate surface area is 208 Å². The number of carbonyl (C=O) groups excluding carboxylic acids is 1. The molecule has 33 heavy (non-hydrogen) atoms. The zero-order chi connectivity index (χ0) is 22.4. The van der Waals surface area contributed by atoms with Crippen molar-refractivity contribution in [1.29, 1.82) is 0 Å². The average Bonchev–Trinajstić information content (AvgIpc) is 2.71. The fraction of sp³-hybridized carbons (Fsp3) is 0.381. The van der Waals surface area contributed by atoms with E-state index in [4.69, 9.17) is 16.3 Å². The molecule has 0 radical (unpaired) electrons. The third-order valence-corrected chi connectivity index (χ3v) is 5.18. The van der Waals surface area contributed by atoms with Crippen molar-refractivity contribution in [2.24, 2.45) is 0 Å². The van der Waals surface area contributed by atoms with Crippen molar-refractivity contribution in [3.63, 3.8) is 0 Å². The predicted octanol–water partition coefficient (Wildman–Crippen LogP) is 5.44. The summed E-state index contributed by atoms with van der Waals surface area (Å²) < 4.78 is 44.8. The Morgan fingerprint density at radius 1 is 1.09 bits per heavy atom. The highest BCUT2D eigenvalue weighted by Gasteiger charge is 2.33. The second-order valence-corrected chi connectivity index (χ2v) is 7.60. The molecule has 12 heteroatoms. The third kappa shape index (κ3) is 8.75. The van der Waals surface area contributed by atoms with E-state index in [9.17, 15) is 18.0 Å². The number of urea groups is 1. The van der Waals surface area contributed by atoms with Crippen molar-refractivity contribution >= 4 is 53.8 Å². The topological polar surface area (TPSA) is 65.6 Å². The van der Waals surface area contributed by atoms with Crippen LogP contribution in [0.15, 0.2) is 36.4 Å². The van der Waals surface area contributed by atoms with Crippen LogP contribution in [0.3, 0.4) is 0 Å². The van der Waals surface area contributed by atoms with Crippen molar-refractivity contribution < 1.29 is 22.7 Å². The number of halogens is 6. The Morgan fingerprint density at radius 2 is 1.70 bits per heavy atom. The van der Waals surface area contributed by atoms with Crippen molar-refractivity contribution in [1.82, 2.24) is 10.2 Å². The van der Waals surface area contributed by atoms with Gasteiger partial charge in [-0.05, 0) is 36.8 Å². The standard InChI is InChI=1S/C21H24ClF3N4O2.2ClH/c1-14-2-3-16(13-19(14)31-11-10-29-8-6-26-7-9-29)28-20(30)27-15-4-5-18(22)17(12-15)21(23,24)25;;/h2-5,12-13,26H,6-11H2,1H3,(H2,27,28,30);2*1H. The van der Waals surface area contributed by atoms with Crippen LogP contribution >= 0.6 is 36.4 Å². The summed E-state index contributed by atoms with van der Waals surface area (Å²) >= 11 is 5.60. The highest BCUT2D eigenvalue weighted by atomic mass is 35.5. The van der Waals surface area contributed by atoms with E-state index in [0.717, 1.165) is 50.4 Å². The van der Waals surface area contributed by atoms with Gasteiger partial charge in [0, 0.05) is 50.2 Å². The second kappa shape index (κ2) is 13.1. The van der Waals surface area contributed by atoms with Crippen molar-refractivity contribution in [2.75, 3.05) is 50.0 Å². The lowest BCUT2D eigenvalue weighted by Gasteiger charge is -2.27. The SMILES string of the molecule is Cc1ccc(NC(=O)Nc2ccc(Cl)c(C(F)(F)F)c2)cc1OCCN1CCNCC1.Cl.Cl. The maximum atomic E-state index is 13.0. The lowest BCUT2D eigenvalue weighted by molar-refractivity contribution is -0.137. The Bertz CT molecular complexity index is 926. The molecular formula is C21H26Cl3F3N4O2. The molecule has 0 saturated carbocycles. The van der Waals surface area contributed by atoms with Crippen LogP contribution in [0.1, 0.15) is 11.1 Å². The average molecular weight is 530 g/mol. The van der Waals surface area contributed by atoms with Crippen LogP contribution in [0, 0.1) is 6.92 Å². The van der Waals surface area contributed by atoms with Crippen molar-refractivity contribution in [3.8, 4) is 5.75 Å². The largest absolute Gasteiger partial charge is 0.492 e. The molecule has 0 spiro atoms. The molecule has 0 aliphatic carbocycles. The van der Waals surface area contributed by atoms with E-state index in [1.165, 1.54) is 6.07 Å². The molecular weight excluding hydrogens is 504 g/mol. The summed E-state index contributed by atoms with van der Waals surface area (Å²) in [7, 11) is 0. The summed E-state index contributed by atoms with van der Waals surface area (Å²) in [4.78, 5) is 14.6. The Morgan fingerprint density at radius 3 is 2.33 bits per heavy atom. The second-order valence-electron chi connectivity index (χ2n) is 7.19. The van der Waals surface area contributed by atoms with Crippen LogP contribution in [0.25, 0.3) is 0 Å². The van der Waals surface area contributed by atoms with Gasteiger partial charge in [0.2, 0.25) is 0 Å². The van der Waals surface area contributed by atoms with Crippen LogP contribution in [0.2, 0.25) is 5.02 Å². The van der Waals surface area contributed by atoms with Crippen LogP contribution < -0.4 is 20.7 Å². The minimum atomic E-state index is -4.61. The van der Waals surface area contributed by atoms with E-state index in [0.29, 0.717) is 18.0 Å². The summed E-state index contributed by atoms with van der Waals surface area (Å²) in [6.07, 6.45) is -4.61. The predicted molar refractivity (Wildman–Crippen MR) is 130 cm³/mol. The molecule has 6 nitrogen and oxygen atoms in total. The minimum absolute atomic E-state index is 0. The van der Waals surface area contributed by atoms with Crippen LogP contribution in [0.5, 0.6) is 5.75 Å². The smallest absolute Gasteiger partial charge is 0.417 e. The monoisotopic (exact) mass is 528 g/mol. The number of amides is 2. The number of anilines is 2. The molecule has 2 aromatic rings. The van der Waals surface area contributed by atoms with Gasteiger partial charge in [0.1, 0.15) is 12.4 Å². The lowest BCUT2D eigenvalue weighted by atomic mass is 10.2. The van der Waals surface area contributed by atoms with Crippen molar-refractivity contribution in [3.05, 3.63) is 52.5 Å². The first-order valence-corrected chi connectivity index (χ1v) is 10.2. The first kappa shape index (κ1) is 29.1. The van der Waals surface area contributed by atoms with E-state index in [1.807, 2.05) is 6.92 Å². The van der Waals surface area contributed by atoms with Gasteiger partial charge in [0.15, 0.2) is 0 Å². The Kier molecular flexibility index (Phi) is 11.6. The highest BCUT2D eigenvalue weighted by molar-refractivity contribution is 6.31. The summed E-state index contributed by atoms with van der Waals surface area (Å²) in [6.45, 7) is 7.10. The number of nitrogens with one attached hydrogen (secondary N) is 3. The van der Waals surface area contributed by atoms with Gasteiger partial charge in [-0.15, -0.1) is 24.8 Å². The number of aryl methyl sites for hydroxylation is 1. The Hall–Kier alpha value is -1.91. The number of benzene rings is 2. The van der Waals surface area contributed by atoms with Crippen LogP contribution in [-0.4, -0.2) is 50.3 Å². The quantitative estimate of drug-likeness (QED) is 0.466. The number of alkyl halides is 3. The molecule has 2 amide bonds. The number of nitrogens with zero attached hydrogens (tertiary/aromatic N) is 1. The molecule has 3 rings (SSSR count). The molecule has 1 fully saturated rings. The summed E-state index contributed by atoms with van der Waals surface area (Å²) in [5.41, 5.74) is 0.348. The molecule has 0 unspecified atom stereocenters. The molecule has 1 aliphatic heterocycles. The molecule has 0 atom stereocenters. The molecule has 2 aromatic carbocycles. The zero-order valence-corrected chi connectivity index (χ0v) is 20.2. The minimum Gasteiger partial charge on any atom is -0.492 e. The van der Waals surface area contributed by atoms with E-state index in [-0.39, 0.29) is 30.5 Å². The highest BCUT2D eigenvalue weighted by Crippen LogP contribution is 2.36. The van der Waals surface area contributed by atoms with Gasteiger partial charge in [0.05, 0.1) is 10.6 Å². The third-order valence-electron chi connectivity index (χ3n) is 4.85. The molecule has 3 N–H and O–H groups in total. The maximum absolute atomic E-state index is 13.0. The first-order valence-electron chi connectivity index (χ1n) is 9.83. The van der Waals surface area contributed by atoms with Crippen molar-refractivity contribution in [2.45, 2.75) is 13.1 Å².